The van der Waals surface area contributed by atoms with Crippen molar-refractivity contribution in [1.29, 1.82) is 5.26 Å². The van der Waals surface area contributed by atoms with E-state index >= 15 is 0 Å². The summed E-state index contributed by atoms with van der Waals surface area (Å²) in [7, 11) is 0. The quantitative estimate of drug-likeness (QED) is 0.909. The second-order valence-corrected chi connectivity index (χ2v) is 5.92. The van der Waals surface area contributed by atoms with Gasteiger partial charge in [0.25, 0.3) is 0 Å². The Balaban J connectivity index is 2.15. The van der Waals surface area contributed by atoms with Gasteiger partial charge in [0, 0.05) is 10.9 Å². The minimum absolute atomic E-state index is 0.185. The number of nitrogens with one attached hydrogen (secondary N) is 1. The number of benzene rings is 1. The lowest BCUT2D eigenvalue weighted by Crippen LogP contribution is -2.14. The molecule has 108 valence electrons. The van der Waals surface area contributed by atoms with Gasteiger partial charge in [0.1, 0.15) is 6.42 Å². The molecule has 2 aromatic rings. The number of carbonyl (C=O) groups excluding carboxylic acids is 1. The van der Waals surface area contributed by atoms with Gasteiger partial charge in [0.2, 0.25) is 5.91 Å². The van der Waals surface area contributed by atoms with Crippen LogP contribution in [-0.2, 0) is 10.4 Å². The average molecular weight is 301 g/mol. The molecule has 0 saturated heterocycles. The van der Waals surface area contributed by atoms with Crippen molar-refractivity contribution in [3.63, 3.8) is 0 Å². The lowest BCUT2D eigenvalue weighted by molar-refractivity contribution is -0.115. The van der Waals surface area contributed by atoms with Crippen LogP contribution in [0.3, 0.4) is 0 Å². The predicted octanol–water partition coefficient (Wildman–Crippen LogP) is 2.89. The predicted molar refractivity (Wildman–Crippen MR) is 81.7 cm³/mol. The standard InChI is InChI=1S/C15H15N3O2S/c1-15(2,20)11-5-3-10(4-6-11)12-9-21-14(17-12)18-13(19)7-8-16/h3-6,9,20H,7H2,1-2H3,(H,17,18,19). The van der Waals surface area contributed by atoms with E-state index in [1.165, 1.54) is 11.3 Å². The van der Waals surface area contributed by atoms with Crippen LogP contribution in [0.15, 0.2) is 29.6 Å². The molecule has 0 spiro atoms. The van der Waals surface area contributed by atoms with Crippen LogP contribution in [0.5, 0.6) is 0 Å². The first kappa shape index (κ1) is 15.2. The number of anilines is 1. The molecule has 1 aromatic carbocycles. The van der Waals surface area contributed by atoms with E-state index in [-0.39, 0.29) is 12.3 Å². The van der Waals surface area contributed by atoms with Crippen molar-refractivity contribution < 1.29 is 9.90 Å². The largest absolute Gasteiger partial charge is 0.386 e. The Labute approximate surface area is 126 Å². The van der Waals surface area contributed by atoms with Gasteiger partial charge < -0.3 is 10.4 Å². The fraction of sp³-hybridized carbons (Fsp3) is 0.267. The number of nitrogens with zero attached hydrogens (tertiary/aromatic N) is 2. The molecule has 0 aliphatic carbocycles. The van der Waals surface area contributed by atoms with Crippen LogP contribution in [0.1, 0.15) is 25.8 Å². The average Bonchev–Trinajstić information content (AvgIpc) is 2.86. The van der Waals surface area contributed by atoms with Gasteiger partial charge in [-0.1, -0.05) is 24.3 Å². The Hall–Kier alpha value is -2.23. The number of amides is 1. The molecule has 5 nitrogen and oxygen atoms in total. The van der Waals surface area contributed by atoms with E-state index in [4.69, 9.17) is 5.26 Å². The number of carbonyl (C=O) groups is 1. The second-order valence-electron chi connectivity index (χ2n) is 5.06. The van der Waals surface area contributed by atoms with E-state index < -0.39 is 5.60 Å². The van der Waals surface area contributed by atoms with Crippen molar-refractivity contribution in [3.05, 3.63) is 35.2 Å². The molecule has 0 aliphatic heterocycles. The number of rotatable bonds is 4. The fourth-order valence-corrected chi connectivity index (χ4v) is 2.48. The molecular formula is C15H15N3O2S. The Morgan fingerprint density at radius 1 is 1.43 bits per heavy atom. The molecule has 0 atom stereocenters. The number of aliphatic hydroxyl groups is 1. The second kappa shape index (κ2) is 6.04. The molecule has 1 heterocycles. The van der Waals surface area contributed by atoms with Gasteiger partial charge in [-0.25, -0.2) is 4.98 Å². The first-order chi connectivity index (χ1) is 9.90. The lowest BCUT2D eigenvalue weighted by Gasteiger charge is -2.17. The highest BCUT2D eigenvalue weighted by atomic mass is 32.1. The molecule has 1 aromatic heterocycles. The first-order valence-electron chi connectivity index (χ1n) is 6.36. The zero-order valence-electron chi connectivity index (χ0n) is 11.8. The summed E-state index contributed by atoms with van der Waals surface area (Å²) in [5.41, 5.74) is 1.59. The summed E-state index contributed by atoms with van der Waals surface area (Å²) < 4.78 is 0. The summed E-state index contributed by atoms with van der Waals surface area (Å²) in [6.07, 6.45) is -0.185. The van der Waals surface area contributed by atoms with Crippen LogP contribution < -0.4 is 5.32 Å². The highest BCUT2D eigenvalue weighted by Gasteiger charge is 2.15. The van der Waals surface area contributed by atoms with Gasteiger partial charge in [0.15, 0.2) is 5.13 Å². The molecule has 0 radical (unpaired) electrons. The Morgan fingerprint density at radius 3 is 2.67 bits per heavy atom. The molecule has 6 heteroatoms. The van der Waals surface area contributed by atoms with Crippen LogP contribution in [0.4, 0.5) is 5.13 Å². The van der Waals surface area contributed by atoms with E-state index in [2.05, 4.69) is 10.3 Å². The monoisotopic (exact) mass is 301 g/mol. The van der Waals surface area contributed by atoms with Gasteiger partial charge >= 0.3 is 0 Å². The van der Waals surface area contributed by atoms with Crippen molar-refractivity contribution in [2.75, 3.05) is 5.32 Å². The van der Waals surface area contributed by atoms with Crippen LogP contribution in [0, 0.1) is 11.3 Å². The van der Waals surface area contributed by atoms with Crippen molar-refractivity contribution in [3.8, 4) is 17.3 Å². The summed E-state index contributed by atoms with van der Waals surface area (Å²) in [5, 5.41) is 23.2. The van der Waals surface area contributed by atoms with Crippen LogP contribution in [0.25, 0.3) is 11.3 Å². The maximum atomic E-state index is 11.3. The highest BCUT2D eigenvalue weighted by molar-refractivity contribution is 7.14. The summed E-state index contributed by atoms with van der Waals surface area (Å²) >= 11 is 1.31. The Kier molecular flexibility index (Phi) is 4.36. The molecule has 0 saturated carbocycles. The maximum Gasteiger partial charge on any atom is 0.240 e. The Morgan fingerprint density at radius 2 is 2.10 bits per heavy atom. The molecular weight excluding hydrogens is 286 g/mol. The van der Waals surface area contributed by atoms with E-state index in [0.29, 0.717) is 5.13 Å². The third-order valence-corrected chi connectivity index (χ3v) is 3.63. The number of thiazole rings is 1. The third kappa shape index (κ3) is 3.88. The van der Waals surface area contributed by atoms with Gasteiger partial charge in [-0.2, -0.15) is 5.26 Å². The highest BCUT2D eigenvalue weighted by Crippen LogP contribution is 2.27. The SMILES string of the molecule is CC(C)(O)c1ccc(-c2csc(NC(=O)CC#N)n2)cc1. The van der Waals surface area contributed by atoms with Crippen molar-refractivity contribution in [2.24, 2.45) is 0 Å². The zero-order chi connectivity index (χ0) is 15.5. The number of hydrogen-bond donors (Lipinski definition) is 2. The number of aromatic nitrogens is 1. The lowest BCUT2D eigenvalue weighted by atomic mass is 9.97. The molecule has 0 bridgehead atoms. The molecule has 1 amide bonds. The smallest absolute Gasteiger partial charge is 0.240 e. The van der Waals surface area contributed by atoms with Crippen LogP contribution >= 0.6 is 11.3 Å². The van der Waals surface area contributed by atoms with Gasteiger partial charge in [-0.05, 0) is 19.4 Å². The molecule has 21 heavy (non-hydrogen) atoms. The first-order valence-corrected chi connectivity index (χ1v) is 7.24. The van der Waals surface area contributed by atoms with Crippen LogP contribution in [0.2, 0.25) is 0 Å². The van der Waals surface area contributed by atoms with E-state index in [1.807, 2.05) is 29.6 Å². The third-order valence-electron chi connectivity index (χ3n) is 2.88. The molecule has 2 rings (SSSR count). The topological polar surface area (TPSA) is 86.0 Å². The summed E-state index contributed by atoms with van der Waals surface area (Å²) in [6.45, 7) is 3.46. The summed E-state index contributed by atoms with van der Waals surface area (Å²) in [5.74, 6) is -0.365. The molecule has 2 N–H and O–H groups in total. The normalized spacial score (nSPS) is 11.0. The molecule has 0 unspecified atom stereocenters. The number of hydrogen-bond acceptors (Lipinski definition) is 5. The minimum atomic E-state index is -0.878. The van der Waals surface area contributed by atoms with E-state index in [0.717, 1.165) is 16.8 Å². The van der Waals surface area contributed by atoms with Crippen molar-refractivity contribution >= 4 is 22.4 Å². The van der Waals surface area contributed by atoms with Gasteiger partial charge in [0.05, 0.1) is 17.4 Å². The summed E-state index contributed by atoms with van der Waals surface area (Å²) in [6, 6.07) is 9.24. The van der Waals surface area contributed by atoms with Gasteiger partial charge in [-0.15, -0.1) is 11.3 Å². The minimum Gasteiger partial charge on any atom is -0.386 e. The van der Waals surface area contributed by atoms with E-state index in [9.17, 15) is 9.90 Å². The van der Waals surface area contributed by atoms with Crippen molar-refractivity contribution in [1.82, 2.24) is 4.98 Å². The fourth-order valence-electron chi connectivity index (χ4n) is 1.75. The maximum absolute atomic E-state index is 11.3. The molecule has 0 fully saturated rings. The van der Waals surface area contributed by atoms with Gasteiger partial charge in [-0.3, -0.25) is 4.79 Å². The zero-order valence-corrected chi connectivity index (χ0v) is 12.6. The van der Waals surface area contributed by atoms with Crippen LogP contribution in [-0.4, -0.2) is 16.0 Å². The van der Waals surface area contributed by atoms with Crippen molar-refractivity contribution in [2.45, 2.75) is 25.9 Å². The Bertz CT molecular complexity index is 678. The molecule has 0 aliphatic rings. The van der Waals surface area contributed by atoms with E-state index in [1.54, 1.807) is 19.9 Å². The summed E-state index contributed by atoms with van der Waals surface area (Å²) in [4.78, 5) is 15.6. The number of nitriles is 1.